The molecule has 0 radical (unpaired) electrons. The molecule has 1 saturated carbocycles. The number of benzene rings is 1. The maximum atomic E-state index is 12.5. The summed E-state index contributed by atoms with van der Waals surface area (Å²) >= 11 is 3.48. The van der Waals surface area contributed by atoms with Crippen LogP contribution in [0.4, 0.5) is 0 Å². The van der Waals surface area contributed by atoms with Gasteiger partial charge in [0.15, 0.2) is 11.4 Å². The van der Waals surface area contributed by atoms with Gasteiger partial charge in [0.1, 0.15) is 11.3 Å². The van der Waals surface area contributed by atoms with Crippen LogP contribution in [0, 0.1) is 6.92 Å². The molecule has 1 spiro atoms. The second-order valence-electron chi connectivity index (χ2n) is 6.20. The fourth-order valence-electron chi connectivity index (χ4n) is 3.43. The number of esters is 1. The van der Waals surface area contributed by atoms with Gasteiger partial charge in [0, 0.05) is 10.0 Å². The van der Waals surface area contributed by atoms with Crippen molar-refractivity contribution >= 4 is 27.5 Å². The SMILES string of the molecule is CCOc1cc(Br)c(C)cc1C1=C(O)C2(CCCCC2)OC1=O. The number of hydrogen-bond acceptors (Lipinski definition) is 4. The number of rotatable bonds is 3. The lowest BCUT2D eigenvalue weighted by atomic mass is 9.82. The average Bonchev–Trinajstić information content (AvgIpc) is 2.75. The third kappa shape index (κ3) is 2.75. The van der Waals surface area contributed by atoms with Crippen LogP contribution in [0.2, 0.25) is 0 Å². The Kier molecular flexibility index (Phi) is 4.41. The summed E-state index contributed by atoms with van der Waals surface area (Å²) in [6.07, 6.45) is 4.41. The van der Waals surface area contributed by atoms with E-state index in [1.165, 1.54) is 0 Å². The van der Waals surface area contributed by atoms with Gasteiger partial charge in [-0.3, -0.25) is 0 Å². The molecular formula is C18H21BrO4. The Morgan fingerprint density at radius 2 is 2.00 bits per heavy atom. The minimum absolute atomic E-state index is 0.0740. The fraction of sp³-hybridized carbons (Fsp3) is 0.500. The smallest absolute Gasteiger partial charge is 0.343 e. The Hall–Kier alpha value is -1.49. The molecule has 0 amide bonds. The molecule has 3 rings (SSSR count). The highest BCUT2D eigenvalue weighted by Crippen LogP contribution is 2.47. The third-order valence-electron chi connectivity index (χ3n) is 4.65. The quantitative estimate of drug-likeness (QED) is 0.773. The van der Waals surface area contributed by atoms with Gasteiger partial charge in [-0.25, -0.2) is 4.79 Å². The van der Waals surface area contributed by atoms with Gasteiger partial charge in [-0.15, -0.1) is 0 Å². The first-order valence-corrected chi connectivity index (χ1v) is 8.88. The second kappa shape index (κ2) is 6.19. The number of aliphatic hydroxyl groups is 1. The van der Waals surface area contributed by atoms with Crippen LogP contribution in [0.3, 0.4) is 0 Å². The Balaban J connectivity index is 2.13. The van der Waals surface area contributed by atoms with Crippen molar-refractivity contribution in [3.63, 3.8) is 0 Å². The van der Waals surface area contributed by atoms with Crippen LogP contribution in [0.1, 0.15) is 50.2 Å². The van der Waals surface area contributed by atoms with E-state index in [4.69, 9.17) is 9.47 Å². The molecule has 1 aromatic rings. The van der Waals surface area contributed by atoms with E-state index in [1.54, 1.807) is 0 Å². The van der Waals surface area contributed by atoms with Gasteiger partial charge in [0.05, 0.1) is 6.61 Å². The van der Waals surface area contributed by atoms with Crippen molar-refractivity contribution in [3.05, 3.63) is 33.5 Å². The highest BCUT2D eigenvalue weighted by atomic mass is 79.9. The van der Waals surface area contributed by atoms with Crippen molar-refractivity contribution < 1.29 is 19.4 Å². The van der Waals surface area contributed by atoms with Gasteiger partial charge in [0.25, 0.3) is 0 Å². The van der Waals surface area contributed by atoms with Gasteiger partial charge in [-0.1, -0.05) is 22.4 Å². The van der Waals surface area contributed by atoms with Gasteiger partial charge in [-0.2, -0.15) is 0 Å². The monoisotopic (exact) mass is 380 g/mol. The third-order valence-corrected chi connectivity index (χ3v) is 5.51. The highest BCUT2D eigenvalue weighted by Gasteiger charge is 2.49. The van der Waals surface area contributed by atoms with E-state index in [-0.39, 0.29) is 11.3 Å². The van der Waals surface area contributed by atoms with Crippen LogP contribution in [0.15, 0.2) is 22.4 Å². The van der Waals surface area contributed by atoms with Crippen molar-refractivity contribution in [2.45, 2.75) is 51.6 Å². The standard InChI is InChI=1S/C18H21BrO4/c1-3-22-14-10-13(19)11(2)9-12(14)15-16(20)18(23-17(15)21)7-5-4-6-8-18/h9-10,20H,3-8H2,1-2H3. The van der Waals surface area contributed by atoms with Crippen LogP contribution in [-0.4, -0.2) is 23.3 Å². The van der Waals surface area contributed by atoms with Crippen molar-refractivity contribution in [3.8, 4) is 5.75 Å². The normalized spacial score (nSPS) is 20.0. The number of carbonyl (C=O) groups is 1. The van der Waals surface area contributed by atoms with E-state index in [1.807, 2.05) is 26.0 Å². The van der Waals surface area contributed by atoms with E-state index in [2.05, 4.69) is 15.9 Å². The number of aryl methyl sites for hydroxylation is 1. The zero-order valence-electron chi connectivity index (χ0n) is 13.4. The summed E-state index contributed by atoms with van der Waals surface area (Å²) in [6, 6.07) is 3.71. The zero-order chi connectivity index (χ0) is 16.6. The number of hydrogen-bond donors (Lipinski definition) is 1. The number of ether oxygens (including phenoxy) is 2. The predicted octanol–water partition coefficient (Wildman–Crippen LogP) is 4.69. The molecule has 1 aliphatic carbocycles. The van der Waals surface area contributed by atoms with Crippen LogP contribution in [-0.2, 0) is 9.53 Å². The van der Waals surface area contributed by atoms with E-state index in [9.17, 15) is 9.90 Å². The second-order valence-corrected chi connectivity index (χ2v) is 7.05. The molecule has 0 aromatic heterocycles. The molecule has 5 heteroatoms. The Bertz CT molecular complexity index is 672. The first-order valence-electron chi connectivity index (χ1n) is 8.09. The molecule has 0 bridgehead atoms. The fourth-order valence-corrected chi connectivity index (χ4v) is 3.76. The van der Waals surface area contributed by atoms with Gasteiger partial charge < -0.3 is 14.6 Å². The summed E-state index contributed by atoms with van der Waals surface area (Å²) in [4.78, 5) is 12.5. The van der Waals surface area contributed by atoms with E-state index in [0.717, 1.165) is 29.3 Å². The summed E-state index contributed by atoms with van der Waals surface area (Å²) < 4.78 is 12.2. The first-order chi connectivity index (χ1) is 11.0. The van der Waals surface area contributed by atoms with Crippen LogP contribution < -0.4 is 4.74 Å². The molecule has 23 heavy (non-hydrogen) atoms. The van der Waals surface area contributed by atoms with Gasteiger partial charge in [0.2, 0.25) is 0 Å². The van der Waals surface area contributed by atoms with Gasteiger partial charge >= 0.3 is 5.97 Å². The minimum Gasteiger partial charge on any atom is -0.507 e. The molecular weight excluding hydrogens is 360 g/mol. The highest BCUT2D eigenvalue weighted by molar-refractivity contribution is 9.10. The van der Waals surface area contributed by atoms with Crippen molar-refractivity contribution in [2.75, 3.05) is 6.61 Å². The molecule has 1 fully saturated rings. The zero-order valence-corrected chi connectivity index (χ0v) is 15.0. The molecule has 1 aromatic carbocycles. The topological polar surface area (TPSA) is 55.8 Å². The first kappa shape index (κ1) is 16.4. The molecule has 124 valence electrons. The maximum Gasteiger partial charge on any atom is 0.343 e. The van der Waals surface area contributed by atoms with Crippen molar-refractivity contribution in [1.29, 1.82) is 0 Å². The molecule has 1 N–H and O–H groups in total. The van der Waals surface area contributed by atoms with Crippen LogP contribution >= 0.6 is 15.9 Å². The summed E-state index contributed by atoms with van der Waals surface area (Å²) in [5.74, 6) is 0.202. The number of carbonyl (C=O) groups excluding carboxylic acids is 1. The Labute approximate surface area is 144 Å². The summed E-state index contributed by atoms with van der Waals surface area (Å²) in [5.41, 5.74) is 1.01. The van der Waals surface area contributed by atoms with Gasteiger partial charge in [-0.05, 0) is 57.2 Å². The molecule has 2 aliphatic rings. The summed E-state index contributed by atoms with van der Waals surface area (Å²) in [6.45, 7) is 4.32. The lowest BCUT2D eigenvalue weighted by molar-refractivity contribution is -0.149. The molecule has 0 atom stereocenters. The molecule has 4 nitrogen and oxygen atoms in total. The predicted molar refractivity (Wildman–Crippen MR) is 91.5 cm³/mol. The van der Waals surface area contributed by atoms with E-state index < -0.39 is 11.6 Å². The summed E-state index contributed by atoms with van der Waals surface area (Å²) in [5, 5.41) is 10.8. The van der Waals surface area contributed by atoms with Crippen LogP contribution in [0.5, 0.6) is 5.75 Å². The molecule has 0 saturated heterocycles. The maximum absolute atomic E-state index is 12.5. The largest absolute Gasteiger partial charge is 0.507 e. The Morgan fingerprint density at radius 1 is 1.30 bits per heavy atom. The average molecular weight is 381 g/mol. The number of aliphatic hydroxyl groups excluding tert-OH is 1. The van der Waals surface area contributed by atoms with E-state index in [0.29, 0.717) is 30.8 Å². The lowest BCUT2D eigenvalue weighted by Gasteiger charge is -2.31. The number of halogens is 1. The summed E-state index contributed by atoms with van der Waals surface area (Å²) in [7, 11) is 0. The van der Waals surface area contributed by atoms with Crippen LogP contribution in [0.25, 0.3) is 5.57 Å². The minimum atomic E-state index is -0.824. The Morgan fingerprint density at radius 3 is 2.65 bits per heavy atom. The van der Waals surface area contributed by atoms with Crippen molar-refractivity contribution in [2.24, 2.45) is 0 Å². The van der Waals surface area contributed by atoms with Crippen molar-refractivity contribution in [1.82, 2.24) is 0 Å². The molecule has 1 aliphatic heterocycles. The molecule has 1 heterocycles. The van der Waals surface area contributed by atoms with E-state index >= 15 is 0 Å². The lowest BCUT2D eigenvalue weighted by Crippen LogP contribution is -2.34. The molecule has 0 unspecified atom stereocenters.